The smallest absolute Gasteiger partial charge is 0.270 e. The summed E-state index contributed by atoms with van der Waals surface area (Å²) in [5, 5.41) is 12.6. The first kappa shape index (κ1) is 15.0. The molecule has 4 N–H and O–H groups in total. The maximum absolute atomic E-state index is 12.1. The zero-order chi connectivity index (χ0) is 13.2. The van der Waals surface area contributed by atoms with E-state index >= 15 is 0 Å². The van der Waals surface area contributed by atoms with E-state index in [9.17, 15) is 4.79 Å². The van der Waals surface area contributed by atoms with Crippen LogP contribution in [0.1, 0.15) is 33.2 Å². The minimum absolute atomic E-state index is 0. The third-order valence-electron chi connectivity index (χ3n) is 3.31. The van der Waals surface area contributed by atoms with Crippen LogP contribution < -0.4 is 11.1 Å². The van der Waals surface area contributed by atoms with Gasteiger partial charge in [0.1, 0.15) is 10.7 Å². The van der Waals surface area contributed by atoms with Crippen LogP contribution in [0.2, 0.25) is 0 Å². The van der Waals surface area contributed by atoms with Gasteiger partial charge < -0.3 is 11.1 Å². The summed E-state index contributed by atoms with van der Waals surface area (Å²) < 4.78 is 0. The molecule has 1 unspecified atom stereocenters. The van der Waals surface area contributed by atoms with Crippen molar-refractivity contribution in [3.8, 4) is 0 Å². The van der Waals surface area contributed by atoms with Gasteiger partial charge in [0.15, 0.2) is 0 Å². The Kier molecular flexibility index (Phi) is 4.74. The summed E-state index contributed by atoms with van der Waals surface area (Å²) >= 11 is 1.42. The minimum Gasteiger partial charge on any atom is -0.348 e. The number of nitrogens with two attached hydrogens (primary N) is 1. The lowest BCUT2D eigenvalue weighted by atomic mass is 9.93. The second-order valence-electron chi connectivity index (χ2n) is 4.62. The van der Waals surface area contributed by atoms with Crippen molar-refractivity contribution in [1.82, 2.24) is 20.5 Å². The summed E-state index contributed by atoms with van der Waals surface area (Å²) in [5.41, 5.74) is 8.33. The predicted octanol–water partition coefficient (Wildman–Crippen LogP) is 1.03. The molecule has 2 aromatic rings. The maximum Gasteiger partial charge on any atom is 0.270 e. The Bertz CT molecular complexity index is 596. The molecule has 1 aliphatic rings. The molecular weight excluding hydrogens is 298 g/mol. The zero-order valence-corrected chi connectivity index (χ0v) is 12.4. The topological polar surface area (TPSA) is 96.7 Å². The lowest BCUT2D eigenvalue weighted by molar-refractivity contribution is 0.0929. The fraction of sp³-hybridized carbons (Fsp3) is 0.417. The monoisotopic (exact) mass is 313 g/mol. The molecule has 1 amide bonds. The standard InChI is InChI=1S/C12H15N5OS.ClH/c13-4-11-16-10(6-19-11)12(18)15-8-1-2-9-7(3-8)5-14-17-9;/h5-6,8H,1-4,13H2,(H,14,17)(H,15,18);1H. The summed E-state index contributed by atoms with van der Waals surface area (Å²) in [6, 6.07) is 0.153. The third kappa shape index (κ3) is 3.00. The minimum atomic E-state index is -0.118. The highest BCUT2D eigenvalue weighted by atomic mass is 35.5. The van der Waals surface area contributed by atoms with Crippen LogP contribution in [0.15, 0.2) is 11.6 Å². The molecule has 2 heterocycles. The number of aromatic amines is 1. The zero-order valence-electron chi connectivity index (χ0n) is 10.8. The van der Waals surface area contributed by atoms with E-state index in [0.717, 1.165) is 24.3 Å². The van der Waals surface area contributed by atoms with Crippen LogP contribution in [0, 0.1) is 0 Å². The van der Waals surface area contributed by atoms with Crippen LogP contribution >= 0.6 is 23.7 Å². The number of nitrogens with zero attached hydrogens (tertiary/aromatic N) is 2. The number of thiazole rings is 1. The Morgan fingerprint density at radius 2 is 2.45 bits per heavy atom. The van der Waals surface area contributed by atoms with Crippen molar-refractivity contribution >= 4 is 29.7 Å². The highest BCUT2D eigenvalue weighted by Crippen LogP contribution is 2.19. The van der Waals surface area contributed by atoms with Crippen molar-refractivity contribution < 1.29 is 4.79 Å². The Hall–Kier alpha value is -1.44. The second-order valence-corrected chi connectivity index (χ2v) is 5.56. The number of hydrogen-bond donors (Lipinski definition) is 3. The molecule has 1 atom stereocenters. The molecule has 2 aromatic heterocycles. The van der Waals surface area contributed by atoms with Gasteiger partial charge in [0.05, 0.1) is 6.20 Å². The predicted molar refractivity (Wildman–Crippen MR) is 79.1 cm³/mol. The van der Waals surface area contributed by atoms with Crippen LogP contribution in [0.3, 0.4) is 0 Å². The lowest BCUT2D eigenvalue weighted by Crippen LogP contribution is -2.38. The van der Waals surface area contributed by atoms with Crippen LogP contribution in [0.5, 0.6) is 0 Å². The molecule has 20 heavy (non-hydrogen) atoms. The van der Waals surface area contributed by atoms with Crippen LogP contribution in [0.25, 0.3) is 0 Å². The van der Waals surface area contributed by atoms with Crippen molar-refractivity contribution in [3.63, 3.8) is 0 Å². The van der Waals surface area contributed by atoms with Gasteiger partial charge in [-0.1, -0.05) is 0 Å². The Labute approximate surface area is 126 Å². The molecular formula is C12H16ClN5OS. The van der Waals surface area contributed by atoms with E-state index in [2.05, 4.69) is 20.5 Å². The van der Waals surface area contributed by atoms with E-state index in [0.29, 0.717) is 12.2 Å². The van der Waals surface area contributed by atoms with E-state index < -0.39 is 0 Å². The van der Waals surface area contributed by atoms with Gasteiger partial charge in [-0.15, -0.1) is 23.7 Å². The molecule has 0 radical (unpaired) electrons. The second kappa shape index (κ2) is 6.34. The van der Waals surface area contributed by atoms with Gasteiger partial charge in [-0.05, 0) is 24.8 Å². The first-order valence-electron chi connectivity index (χ1n) is 6.22. The van der Waals surface area contributed by atoms with Crippen molar-refractivity contribution in [1.29, 1.82) is 0 Å². The molecule has 0 saturated carbocycles. The first-order chi connectivity index (χ1) is 9.26. The number of H-pyrrole nitrogens is 1. The van der Waals surface area contributed by atoms with E-state index in [1.807, 2.05) is 6.20 Å². The SMILES string of the molecule is Cl.NCc1nc(C(=O)NC2CCc3[nH]ncc3C2)cs1. The summed E-state index contributed by atoms with van der Waals surface area (Å²) in [6.07, 6.45) is 4.51. The number of nitrogens with one attached hydrogen (secondary N) is 2. The third-order valence-corrected chi connectivity index (χ3v) is 4.18. The number of carbonyl (C=O) groups is 1. The van der Waals surface area contributed by atoms with E-state index in [-0.39, 0.29) is 24.4 Å². The number of hydrogen-bond acceptors (Lipinski definition) is 5. The van der Waals surface area contributed by atoms with E-state index in [1.165, 1.54) is 22.6 Å². The van der Waals surface area contributed by atoms with Crippen molar-refractivity contribution in [2.45, 2.75) is 31.8 Å². The first-order valence-corrected chi connectivity index (χ1v) is 7.10. The number of rotatable bonds is 3. The molecule has 0 spiro atoms. The highest BCUT2D eigenvalue weighted by molar-refractivity contribution is 7.09. The van der Waals surface area contributed by atoms with Gasteiger partial charge in [-0.3, -0.25) is 9.89 Å². The summed E-state index contributed by atoms with van der Waals surface area (Å²) in [6.45, 7) is 0.375. The normalized spacial score (nSPS) is 17.1. The molecule has 8 heteroatoms. The fourth-order valence-electron chi connectivity index (χ4n) is 2.31. The summed E-state index contributed by atoms with van der Waals surface area (Å²) in [4.78, 5) is 16.3. The number of aryl methyl sites for hydroxylation is 1. The van der Waals surface area contributed by atoms with E-state index in [1.54, 1.807) is 5.38 Å². The van der Waals surface area contributed by atoms with E-state index in [4.69, 9.17) is 5.73 Å². The van der Waals surface area contributed by atoms with Gasteiger partial charge in [0.2, 0.25) is 0 Å². The molecule has 0 aromatic carbocycles. The number of halogens is 1. The quantitative estimate of drug-likeness (QED) is 0.788. The Morgan fingerprint density at radius 1 is 1.60 bits per heavy atom. The van der Waals surface area contributed by atoms with Gasteiger partial charge in [0, 0.05) is 23.7 Å². The molecule has 0 bridgehead atoms. The molecule has 6 nitrogen and oxygen atoms in total. The van der Waals surface area contributed by atoms with Crippen LogP contribution in [0.4, 0.5) is 0 Å². The highest BCUT2D eigenvalue weighted by Gasteiger charge is 2.22. The lowest BCUT2D eigenvalue weighted by Gasteiger charge is -2.22. The van der Waals surface area contributed by atoms with Crippen LogP contribution in [-0.4, -0.2) is 27.1 Å². The largest absolute Gasteiger partial charge is 0.348 e. The van der Waals surface area contributed by atoms with Gasteiger partial charge in [-0.25, -0.2) is 4.98 Å². The molecule has 108 valence electrons. The fourth-order valence-corrected chi connectivity index (χ4v) is 2.96. The molecule has 0 aliphatic heterocycles. The molecule has 0 fully saturated rings. The number of aromatic nitrogens is 3. The maximum atomic E-state index is 12.1. The molecule has 1 aliphatic carbocycles. The average molecular weight is 314 g/mol. The Morgan fingerprint density at radius 3 is 3.20 bits per heavy atom. The van der Waals surface area contributed by atoms with Gasteiger partial charge in [0.25, 0.3) is 5.91 Å². The van der Waals surface area contributed by atoms with Crippen molar-refractivity contribution in [3.05, 3.63) is 33.5 Å². The number of fused-ring (bicyclic) bond motifs is 1. The summed E-state index contributed by atoms with van der Waals surface area (Å²) in [7, 11) is 0. The van der Waals surface area contributed by atoms with Crippen molar-refractivity contribution in [2.75, 3.05) is 0 Å². The number of amides is 1. The number of carbonyl (C=O) groups excluding carboxylic acids is 1. The van der Waals surface area contributed by atoms with Gasteiger partial charge in [-0.2, -0.15) is 5.10 Å². The average Bonchev–Trinajstić information content (AvgIpc) is 3.06. The van der Waals surface area contributed by atoms with Gasteiger partial charge >= 0.3 is 0 Å². The molecule has 3 rings (SSSR count). The molecule has 0 saturated heterocycles. The van der Waals surface area contributed by atoms with Crippen molar-refractivity contribution in [2.24, 2.45) is 5.73 Å². The van der Waals surface area contributed by atoms with Crippen LogP contribution in [-0.2, 0) is 19.4 Å². The Balaban J connectivity index is 0.00000147. The summed E-state index contributed by atoms with van der Waals surface area (Å²) in [5.74, 6) is -0.118.